The summed E-state index contributed by atoms with van der Waals surface area (Å²) in [6.07, 6.45) is 6.30. The zero-order chi connectivity index (χ0) is 18.3. The second kappa shape index (κ2) is 6.60. The van der Waals surface area contributed by atoms with Crippen molar-refractivity contribution in [1.29, 1.82) is 0 Å². The molecule has 0 saturated heterocycles. The minimum absolute atomic E-state index is 0.637. The van der Waals surface area contributed by atoms with Gasteiger partial charge in [-0.15, -0.1) is 0 Å². The molecule has 0 bridgehead atoms. The maximum atomic E-state index is 5.66. The lowest BCUT2D eigenvalue weighted by molar-refractivity contribution is -0.659. The molecule has 0 spiro atoms. The maximum absolute atomic E-state index is 5.66. The Morgan fingerprint density at radius 2 is 1.77 bits per heavy atom. The summed E-state index contributed by atoms with van der Waals surface area (Å²) in [6, 6.07) is 15.6. The van der Waals surface area contributed by atoms with Crippen LogP contribution in [0.5, 0.6) is 0 Å². The van der Waals surface area contributed by atoms with Gasteiger partial charge in [0.15, 0.2) is 6.20 Å². The van der Waals surface area contributed by atoms with E-state index < -0.39 is 0 Å². The highest BCUT2D eigenvalue weighted by atomic mass is 16.3. The molecule has 2 aromatic heterocycles. The highest BCUT2D eigenvalue weighted by Gasteiger charge is 2.19. The summed E-state index contributed by atoms with van der Waals surface area (Å²) in [5, 5.41) is 3.75. The van der Waals surface area contributed by atoms with Crippen LogP contribution in [0.1, 0.15) is 43.7 Å². The summed E-state index contributed by atoms with van der Waals surface area (Å²) in [7, 11) is 2.12. The van der Waals surface area contributed by atoms with Crippen molar-refractivity contribution >= 4 is 21.7 Å². The quantitative estimate of drug-likeness (QED) is 0.398. The third kappa shape index (κ3) is 2.70. The van der Waals surface area contributed by atoms with Crippen LogP contribution in [-0.2, 0) is 7.05 Å². The van der Waals surface area contributed by atoms with Gasteiger partial charge in [0.2, 0.25) is 5.69 Å². The molecule has 0 aliphatic rings. The molecule has 0 fully saturated rings. The van der Waals surface area contributed by atoms with E-state index in [4.69, 9.17) is 4.42 Å². The first-order chi connectivity index (χ1) is 12.6. The largest absolute Gasteiger partial charge is 0.464 e. The van der Waals surface area contributed by atoms with Gasteiger partial charge in [0, 0.05) is 11.5 Å². The number of furan rings is 1. The average molecular weight is 344 g/mol. The Labute approximate surface area is 155 Å². The van der Waals surface area contributed by atoms with Crippen molar-refractivity contribution in [3.63, 3.8) is 0 Å². The molecule has 0 atom stereocenters. The molecular weight excluding hydrogens is 318 g/mol. The van der Waals surface area contributed by atoms with Crippen molar-refractivity contribution in [3.8, 4) is 11.3 Å². The van der Waals surface area contributed by atoms with E-state index in [-0.39, 0.29) is 0 Å². The monoisotopic (exact) mass is 344 g/mol. The zero-order valence-electron chi connectivity index (χ0n) is 16.0. The van der Waals surface area contributed by atoms with Gasteiger partial charge in [0.25, 0.3) is 0 Å². The van der Waals surface area contributed by atoms with Gasteiger partial charge in [-0.1, -0.05) is 26.0 Å². The molecule has 0 aliphatic heterocycles. The standard InChI is InChI=1S/C24H26NO/c1-5-17(6-2)18-7-8-21-19(14-18)9-11-25(4)24(21)22-15-23-20(10-12-26-23)13-16(22)3/h7-15,17H,5-6H2,1-4H3/q+1. The smallest absolute Gasteiger partial charge is 0.220 e. The van der Waals surface area contributed by atoms with Gasteiger partial charge in [-0.25, -0.2) is 4.57 Å². The van der Waals surface area contributed by atoms with E-state index in [9.17, 15) is 0 Å². The van der Waals surface area contributed by atoms with Gasteiger partial charge < -0.3 is 4.42 Å². The van der Waals surface area contributed by atoms with E-state index in [0.29, 0.717) is 5.92 Å². The summed E-state index contributed by atoms with van der Waals surface area (Å²) in [4.78, 5) is 0. The Bertz CT molecular complexity index is 1090. The number of pyridine rings is 1. The van der Waals surface area contributed by atoms with E-state index in [1.165, 1.54) is 46.0 Å². The lowest BCUT2D eigenvalue weighted by atomic mass is 9.91. The normalized spacial score (nSPS) is 11.7. The summed E-state index contributed by atoms with van der Waals surface area (Å²) in [5.74, 6) is 0.637. The van der Waals surface area contributed by atoms with Gasteiger partial charge in [-0.2, -0.15) is 0 Å². The Balaban J connectivity index is 1.96. The molecule has 2 nitrogen and oxygen atoms in total. The minimum Gasteiger partial charge on any atom is -0.464 e. The van der Waals surface area contributed by atoms with Crippen LogP contribution in [0.15, 0.2) is 59.3 Å². The SMILES string of the molecule is CCC(CC)c1ccc2c(-c3cc4occc4cc3C)[n+](C)ccc2c1. The second-order valence-corrected chi connectivity index (χ2v) is 7.26. The van der Waals surface area contributed by atoms with Crippen LogP contribution in [0.4, 0.5) is 0 Å². The van der Waals surface area contributed by atoms with Crippen LogP contribution in [0, 0.1) is 6.92 Å². The lowest BCUT2D eigenvalue weighted by Crippen LogP contribution is -2.30. The molecule has 0 unspecified atom stereocenters. The van der Waals surface area contributed by atoms with Crippen LogP contribution >= 0.6 is 0 Å². The number of hydrogen-bond donors (Lipinski definition) is 0. The Morgan fingerprint density at radius 1 is 0.962 bits per heavy atom. The van der Waals surface area contributed by atoms with Crippen molar-refractivity contribution in [3.05, 3.63) is 66.1 Å². The first-order valence-electron chi connectivity index (χ1n) is 9.52. The van der Waals surface area contributed by atoms with Crippen molar-refractivity contribution < 1.29 is 8.98 Å². The van der Waals surface area contributed by atoms with Crippen LogP contribution < -0.4 is 4.57 Å². The molecule has 4 rings (SSSR count). The predicted octanol–water partition coefficient (Wildman–Crippen LogP) is 6.29. The predicted molar refractivity (Wildman–Crippen MR) is 108 cm³/mol. The number of rotatable bonds is 4. The fourth-order valence-corrected chi connectivity index (χ4v) is 4.12. The van der Waals surface area contributed by atoms with Crippen LogP contribution in [0.3, 0.4) is 0 Å². The maximum Gasteiger partial charge on any atom is 0.220 e. The van der Waals surface area contributed by atoms with E-state index in [2.05, 4.69) is 75.0 Å². The van der Waals surface area contributed by atoms with Crippen LogP contribution in [0.2, 0.25) is 0 Å². The summed E-state index contributed by atoms with van der Waals surface area (Å²) < 4.78 is 7.88. The number of aromatic nitrogens is 1. The molecule has 2 aromatic carbocycles. The molecular formula is C24H26NO+. The van der Waals surface area contributed by atoms with E-state index in [1.54, 1.807) is 6.26 Å². The highest BCUT2D eigenvalue weighted by molar-refractivity contribution is 5.96. The lowest BCUT2D eigenvalue weighted by Gasteiger charge is -2.14. The number of benzene rings is 2. The molecule has 2 heteroatoms. The highest BCUT2D eigenvalue weighted by Crippen LogP contribution is 2.33. The fraction of sp³-hybridized carbons (Fsp3) is 0.292. The number of nitrogens with zero attached hydrogens (tertiary/aromatic N) is 1. The van der Waals surface area contributed by atoms with E-state index >= 15 is 0 Å². The van der Waals surface area contributed by atoms with Crippen molar-refractivity contribution in [2.45, 2.75) is 39.5 Å². The number of fused-ring (bicyclic) bond motifs is 2. The molecule has 2 heterocycles. The number of hydrogen-bond acceptors (Lipinski definition) is 1. The summed E-state index contributed by atoms with van der Waals surface area (Å²) in [5.41, 5.74) is 6.13. The summed E-state index contributed by atoms with van der Waals surface area (Å²) in [6.45, 7) is 6.73. The van der Waals surface area contributed by atoms with Crippen LogP contribution in [0.25, 0.3) is 33.0 Å². The van der Waals surface area contributed by atoms with Gasteiger partial charge in [0.1, 0.15) is 12.6 Å². The second-order valence-electron chi connectivity index (χ2n) is 7.26. The summed E-state index contributed by atoms with van der Waals surface area (Å²) >= 11 is 0. The van der Waals surface area contributed by atoms with Crippen molar-refractivity contribution in [1.82, 2.24) is 0 Å². The topological polar surface area (TPSA) is 17.0 Å². The average Bonchev–Trinajstić information content (AvgIpc) is 3.09. The third-order valence-electron chi connectivity index (χ3n) is 5.67. The Hall–Kier alpha value is -2.61. The van der Waals surface area contributed by atoms with Gasteiger partial charge in [-0.05, 0) is 66.5 Å². The van der Waals surface area contributed by atoms with E-state index in [1.807, 2.05) is 6.07 Å². The fourth-order valence-electron chi connectivity index (χ4n) is 4.12. The molecule has 0 N–H and O–H groups in total. The molecule has 0 aliphatic carbocycles. The molecule has 0 radical (unpaired) electrons. The molecule has 132 valence electrons. The molecule has 4 aromatic rings. The molecule has 0 saturated carbocycles. The first kappa shape index (κ1) is 16.8. The van der Waals surface area contributed by atoms with Gasteiger partial charge in [0.05, 0.1) is 17.2 Å². The first-order valence-corrected chi connectivity index (χ1v) is 9.52. The van der Waals surface area contributed by atoms with Gasteiger partial charge >= 0.3 is 0 Å². The molecule has 0 amide bonds. The minimum atomic E-state index is 0.637. The third-order valence-corrected chi connectivity index (χ3v) is 5.67. The molecule has 26 heavy (non-hydrogen) atoms. The van der Waals surface area contributed by atoms with E-state index in [0.717, 1.165) is 11.0 Å². The Kier molecular flexibility index (Phi) is 4.28. The van der Waals surface area contributed by atoms with Crippen LogP contribution in [-0.4, -0.2) is 0 Å². The van der Waals surface area contributed by atoms with Crippen molar-refractivity contribution in [2.75, 3.05) is 0 Å². The van der Waals surface area contributed by atoms with Crippen molar-refractivity contribution in [2.24, 2.45) is 7.05 Å². The Morgan fingerprint density at radius 3 is 2.54 bits per heavy atom. The van der Waals surface area contributed by atoms with Gasteiger partial charge in [-0.3, -0.25) is 0 Å². The number of aryl methyl sites for hydroxylation is 2. The zero-order valence-corrected chi connectivity index (χ0v) is 16.0.